The Labute approximate surface area is 125 Å². The van der Waals surface area contributed by atoms with Crippen molar-refractivity contribution in [1.82, 2.24) is 14.2 Å². The van der Waals surface area contributed by atoms with Crippen LogP contribution in [-0.2, 0) is 17.1 Å². The summed E-state index contributed by atoms with van der Waals surface area (Å²) in [6.45, 7) is 2.80. The Morgan fingerprint density at radius 1 is 1.52 bits per heavy atom. The van der Waals surface area contributed by atoms with Crippen LogP contribution in [0.5, 0.6) is 0 Å². The molecule has 2 heterocycles. The minimum atomic E-state index is -3.57. The van der Waals surface area contributed by atoms with Crippen LogP contribution < -0.4 is 11.1 Å². The molecule has 1 aromatic rings. The highest BCUT2D eigenvalue weighted by Gasteiger charge is 2.35. The van der Waals surface area contributed by atoms with Gasteiger partial charge in [0.25, 0.3) is 5.91 Å². The summed E-state index contributed by atoms with van der Waals surface area (Å²) in [4.78, 5) is 11.8. The number of nitrogens with zero attached hydrogens (tertiary/aromatic N) is 2. The molecule has 118 valence electrons. The molecule has 2 unspecified atom stereocenters. The van der Waals surface area contributed by atoms with E-state index in [1.165, 1.54) is 28.2 Å². The summed E-state index contributed by atoms with van der Waals surface area (Å²) < 4.78 is 28.2. The number of nitrogens with one attached hydrogen (secondary N) is 1. The van der Waals surface area contributed by atoms with Crippen LogP contribution in [0, 0.1) is 5.92 Å². The monoisotopic (exact) mass is 314 g/mol. The maximum Gasteiger partial charge on any atom is 0.267 e. The quantitative estimate of drug-likeness (QED) is 0.800. The third kappa shape index (κ3) is 2.97. The summed E-state index contributed by atoms with van der Waals surface area (Å²) in [5.41, 5.74) is 6.17. The number of carbonyl (C=O) groups excluding carboxylic acids is 1. The highest BCUT2D eigenvalue weighted by Crippen LogP contribution is 2.26. The molecule has 8 heteroatoms. The number of sulfonamides is 1. The zero-order valence-corrected chi connectivity index (χ0v) is 13.4. The first-order valence-corrected chi connectivity index (χ1v) is 8.35. The van der Waals surface area contributed by atoms with Crippen molar-refractivity contribution in [3.05, 3.63) is 18.0 Å². The zero-order valence-electron chi connectivity index (χ0n) is 12.5. The van der Waals surface area contributed by atoms with Crippen molar-refractivity contribution < 1.29 is 13.2 Å². The molecular formula is C13H22N4O3S. The van der Waals surface area contributed by atoms with E-state index in [0.29, 0.717) is 18.8 Å². The molecule has 1 amide bonds. The molecule has 0 aliphatic carbocycles. The van der Waals surface area contributed by atoms with Gasteiger partial charge in [-0.15, -0.1) is 0 Å². The number of aryl methyl sites for hydroxylation is 1. The average Bonchev–Trinajstić information content (AvgIpc) is 3.04. The van der Waals surface area contributed by atoms with Crippen LogP contribution in [0.4, 0.5) is 0 Å². The standard InChI is InChI=1S/C13H22N4O3S/c1-9(14)10-4-5-17(7-10)21(19,20)11-6-12(13(18)15-2)16(3)8-11/h6,8-10H,4-5,7,14H2,1-3H3,(H,15,18). The van der Waals surface area contributed by atoms with Crippen molar-refractivity contribution in [1.29, 1.82) is 0 Å². The predicted octanol–water partition coefficient (Wildman–Crippen LogP) is -0.257. The summed E-state index contributed by atoms with van der Waals surface area (Å²) in [5.74, 6) is -0.129. The predicted molar refractivity (Wildman–Crippen MR) is 79.3 cm³/mol. The van der Waals surface area contributed by atoms with Crippen LogP contribution in [0.1, 0.15) is 23.8 Å². The molecular weight excluding hydrogens is 292 g/mol. The van der Waals surface area contributed by atoms with E-state index in [9.17, 15) is 13.2 Å². The summed E-state index contributed by atoms with van der Waals surface area (Å²) in [6.07, 6.45) is 2.24. The van der Waals surface area contributed by atoms with E-state index in [2.05, 4.69) is 5.32 Å². The summed E-state index contributed by atoms with van der Waals surface area (Å²) >= 11 is 0. The van der Waals surface area contributed by atoms with Gasteiger partial charge in [-0.1, -0.05) is 0 Å². The maximum atomic E-state index is 12.6. The fraction of sp³-hybridized carbons (Fsp3) is 0.615. The first kappa shape index (κ1) is 16.0. The Hall–Kier alpha value is -1.38. The van der Waals surface area contributed by atoms with Crippen LogP contribution in [0.15, 0.2) is 17.2 Å². The largest absolute Gasteiger partial charge is 0.354 e. The third-order valence-corrected chi connectivity index (χ3v) is 5.84. The smallest absolute Gasteiger partial charge is 0.267 e. The number of carbonyl (C=O) groups is 1. The van der Waals surface area contributed by atoms with Crippen molar-refractivity contribution in [3.8, 4) is 0 Å². The van der Waals surface area contributed by atoms with E-state index in [4.69, 9.17) is 5.73 Å². The number of hydrogen-bond donors (Lipinski definition) is 2. The van der Waals surface area contributed by atoms with Crippen molar-refractivity contribution in [2.24, 2.45) is 18.7 Å². The van der Waals surface area contributed by atoms with Gasteiger partial charge in [0.15, 0.2) is 0 Å². The molecule has 0 aromatic carbocycles. The van der Waals surface area contributed by atoms with Crippen molar-refractivity contribution >= 4 is 15.9 Å². The second kappa shape index (κ2) is 5.78. The van der Waals surface area contributed by atoms with Crippen LogP contribution >= 0.6 is 0 Å². The lowest BCUT2D eigenvalue weighted by molar-refractivity contribution is 0.0955. The summed E-state index contributed by atoms with van der Waals surface area (Å²) in [6, 6.07) is 1.38. The van der Waals surface area contributed by atoms with E-state index in [1.54, 1.807) is 7.05 Å². The number of nitrogens with two attached hydrogens (primary N) is 1. The van der Waals surface area contributed by atoms with Crippen LogP contribution in [0.2, 0.25) is 0 Å². The highest BCUT2D eigenvalue weighted by molar-refractivity contribution is 7.89. The third-order valence-electron chi connectivity index (χ3n) is 4.01. The molecule has 0 spiro atoms. The normalized spacial score (nSPS) is 21.4. The van der Waals surface area contributed by atoms with Crippen molar-refractivity contribution in [2.45, 2.75) is 24.3 Å². The topological polar surface area (TPSA) is 97.4 Å². The molecule has 2 atom stereocenters. The molecule has 0 bridgehead atoms. The second-order valence-corrected chi connectivity index (χ2v) is 7.46. The fourth-order valence-electron chi connectivity index (χ4n) is 2.58. The molecule has 2 rings (SSSR count). The first-order chi connectivity index (χ1) is 9.77. The molecule has 7 nitrogen and oxygen atoms in total. The number of amides is 1. The van der Waals surface area contributed by atoms with Gasteiger partial charge in [0.1, 0.15) is 10.6 Å². The summed E-state index contributed by atoms with van der Waals surface area (Å²) in [5, 5.41) is 2.49. The SMILES string of the molecule is CNC(=O)c1cc(S(=O)(=O)N2CCC(C(C)N)C2)cn1C. The lowest BCUT2D eigenvalue weighted by atomic mass is 10.0. The Kier molecular flexibility index (Phi) is 4.40. The van der Waals surface area contributed by atoms with Crippen LogP contribution in [-0.4, -0.2) is 49.4 Å². The number of hydrogen-bond acceptors (Lipinski definition) is 4. The molecule has 1 aromatic heterocycles. The number of rotatable bonds is 4. The summed E-state index contributed by atoms with van der Waals surface area (Å²) in [7, 11) is -0.409. The highest BCUT2D eigenvalue weighted by atomic mass is 32.2. The molecule has 0 radical (unpaired) electrons. The lowest BCUT2D eigenvalue weighted by Crippen LogP contribution is -2.32. The molecule has 1 fully saturated rings. The molecule has 1 saturated heterocycles. The van der Waals surface area contributed by atoms with Gasteiger partial charge in [0, 0.05) is 39.4 Å². The van der Waals surface area contributed by atoms with E-state index >= 15 is 0 Å². The van der Waals surface area contributed by atoms with E-state index in [1.807, 2.05) is 6.92 Å². The molecule has 21 heavy (non-hydrogen) atoms. The lowest BCUT2D eigenvalue weighted by Gasteiger charge is -2.17. The zero-order chi connectivity index (χ0) is 15.8. The van der Waals surface area contributed by atoms with Gasteiger partial charge in [-0.25, -0.2) is 8.42 Å². The number of aromatic nitrogens is 1. The van der Waals surface area contributed by atoms with Crippen molar-refractivity contribution in [3.63, 3.8) is 0 Å². The van der Waals surface area contributed by atoms with Gasteiger partial charge in [-0.2, -0.15) is 4.31 Å². The Morgan fingerprint density at radius 3 is 2.71 bits per heavy atom. The minimum absolute atomic E-state index is 0.0256. The Bertz CT molecular complexity index is 636. The van der Waals surface area contributed by atoms with Crippen LogP contribution in [0.25, 0.3) is 0 Å². The van der Waals surface area contributed by atoms with Gasteiger partial charge in [-0.05, 0) is 25.3 Å². The molecule has 1 aliphatic heterocycles. The van der Waals surface area contributed by atoms with Crippen molar-refractivity contribution in [2.75, 3.05) is 20.1 Å². The van der Waals surface area contributed by atoms with E-state index in [0.717, 1.165) is 6.42 Å². The van der Waals surface area contributed by atoms with E-state index in [-0.39, 0.29) is 22.8 Å². The first-order valence-electron chi connectivity index (χ1n) is 6.91. The van der Waals surface area contributed by atoms with Gasteiger partial charge in [0.2, 0.25) is 10.0 Å². The van der Waals surface area contributed by atoms with Crippen LogP contribution in [0.3, 0.4) is 0 Å². The molecule has 3 N–H and O–H groups in total. The molecule has 0 saturated carbocycles. The minimum Gasteiger partial charge on any atom is -0.354 e. The Balaban J connectivity index is 2.27. The second-order valence-electron chi connectivity index (χ2n) is 5.52. The van der Waals surface area contributed by atoms with E-state index < -0.39 is 10.0 Å². The van der Waals surface area contributed by atoms with Gasteiger partial charge >= 0.3 is 0 Å². The van der Waals surface area contributed by atoms with Gasteiger partial charge in [-0.3, -0.25) is 4.79 Å². The maximum absolute atomic E-state index is 12.6. The molecule has 1 aliphatic rings. The fourth-order valence-corrected chi connectivity index (χ4v) is 4.16. The average molecular weight is 314 g/mol. The van der Waals surface area contributed by atoms with Gasteiger partial charge < -0.3 is 15.6 Å². The Morgan fingerprint density at radius 2 is 2.19 bits per heavy atom. The van der Waals surface area contributed by atoms with Gasteiger partial charge in [0.05, 0.1) is 0 Å².